The SMILES string of the molecule is C[C@@H]1CCCCN1S(=O)(=O)c1cccc(C(=O)NCc2ccc(N3CCOCC3)nc2)c1. The zero-order chi connectivity index (χ0) is 22.6. The van der Waals surface area contributed by atoms with E-state index in [-0.39, 0.29) is 16.8 Å². The molecule has 2 aromatic rings. The first-order chi connectivity index (χ1) is 15.4. The van der Waals surface area contributed by atoms with Crippen LogP contribution in [-0.2, 0) is 21.3 Å². The first kappa shape index (κ1) is 22.7. The molecule has 0 aliphatic carbocycles. The van der Waals surface area contributed by atoms with Gasteiger partial charge in [-0.05, 0) is 49.6 Å². The van der Waals surface area contributed by atoms with Crippen LogP contribution in [0.1, 0.15) is 42.1 Å². The summed E-state index contributed by atoms with van der Waals surface area (Å²) in [4.78, 5) is 19.5. The molecule has 1 N–H and O–H groups in total. The lowest BCUT2D eigenvalue weighted by molar-refractivity contribution is 0.0950. The Bertz CT molecular complexity index is 1040. The van der Waals surface area contributed by atoms with Gasteiger partial charge in [0, 0.05) is 44.0 Å². The predicted molar refractivity (Wildman–Crippen MR) is 122 cm³/mol. The fourth-order valence-electron chi connectivity index (χ4n) is 4.15. The van der Waals surface area contributed by atoms with E-state index in [4.69, 9.17) is 4.74 Å². The molecule has 0 radical (unpaired) electrons. The lowest BCUT2D eigenvalue weighted by Crippen LogP contribution is -2.42. The highest BCUT2D eigenvalue weighted by molar-refractivity contribution is 7.89. The van der Waals surface area contributed by atoms with Crippen molar-refractivity contribution in [1.29, 1.82) is 0 Å². The first-order valence-corrected chi connectivity index (χ1v) is 12.6. The Hall–Kier alpha value is -2.49. The molecule has 0 unspecified atom stereocenters. The van der Waals surface area contributed by atoms with Crippen LogP contribution in [0.15, 0.2) is 47.5 Å². The van der Waals surface area contributed by atoms with E-state index in [9.17, 15) is 13.2 Å². The third-order valence-electron chi connectivity index (χ3n) is 6.04. The van der Waals surface area contributed by atoms with Gasteiger partial charge in [0.1, 0.15) is 5.82 Å². The lowest BCUT2D eigenvalue weighted by atomic mass is 10.1. The van der Waals surface area contributed by atoms with E-state index in [1.54, 1.807) is 28.7 Å². The Morgan fingerprint density at radius 3 is 2.69 bits per heavy atom. The van der Waals surface area contributed by atoms with Gasteiger partial charge < -0.3 is 15.0 Å². The number of pyridine rings is 1. The number of nitrogens with zero attached hydrogens (tertiary/aromatic N) is 3. The van der Waals surface area contributed by atoms with Crippen molar-refractivity contribution in [3.8, 4) is 0 Å². The number of carbonyl (C=O) groups excluding carboxylic acids is 1. The quantitative estimate of drug-likeness (QED) is 0.715. The molecule has 0 saturated carbocycles. The molecule has 0 bridgehead atoms. The van der Waals surface area contributed by atoms with Gasteiger partial charge in [-0.3, -0.25) is 4.79 Å². The zero-order valence-electron chi connectivity index (χ0n) is 18.4. The molecule has 1 amide bonds. The number of hydrogen-bond acceptors (Lipinski definition) is 6. The standard InChI is InChI=1S/C23H30N4O4S/c1-18-5-2-3-10-27(18)32(29,30)21-7-4-6-20(15-21)23(28)25-17-19-8-9-22(24-16-19)26-11-13-31-14-12-26/h4,6-9,15-16,18H,2-3,5,10-14,17H2,1H3,(H,25,28)/t18-/m1/s1. The molecule has 2 fully saturated rings. The van der Waals surface area contributed by atoms with Crippen LogP contribution in [0.4, 0.5) is 5.82 Å². The van der Waals surface area contributed by atoms with Crippen LogP contribution < -0.4 is 10.2 Å². The molecule has 1 aromatic heterocycles. The summed E-state index contributed by atoms with van der Waals surface area (Å²) in [6.07, 6.45) is 4.52. The van der Waals surface area contributed by atoms with Gasteiger partial charge in [-0.25, -0.2) is 13.4 Å². The summed E-state index contributed by atoms with van der Waals surface area (Å²) in [7, 11) is -3.62. The molecule has 4 rings (SSSR count). The molecule has 2 aliphatic heterocycles. The molecule has 8 nitrogen and oxygen atoms in total. The molecule has 0 spiro atoms. The van der Waals surface area contributed by atoms with E-state index in [0.717, 1.165) is 43.7 Å². The average Bonchev–Trinajstić information content (AvgIpc) is 2.83. The van der Waals surface area contributed by atoms with Crippen molar-refractivity contribution in [1.82, 2.24) is 14.6 Å². The Morgan fingerprint density at radius 1 is 1.16 bits per heavy atom. The number of rotatable bonds is 6. The number of piperidine rings is 1. The van der Waals surface area contributed by atoms with Crippen molar-refractivity contribution < 1.29 is 17.9 Å². The summed E-state index contributed by atoms with van der Waals surface area (Å²) in [5, 5.41) is 2.86. The summed E-state index contributed by atoms with van der Waals surface area (Å²) in [5.74, 6) is 0.583. The molecular formula is C23H30N4O4S. The second-order valence-corrected chi connectivity index (χ2v) is 10.2. The number of amides is 1. The van der Waals surface area contributed by atoms with Crippen LogP contribution in [0.2, 0.25) is 0 Å². The van der Waals surface area contributed by atoms with Gasteiger partial charge in [-0.2, -0.15) is 4.31 Å². The normalized spacial score (nSPS) is 20.2. The Kier molecular flexibility index (Phi) is 7.07. The Labute approximate surface area is 189 Å². The van der Waals surface area contributed by atoms with Crippen LogP contribution in [-0.4, -0.2) is 62.5 Å². The number of hydrogen-bond donors (Lipinski definition) is 1. The van der Waals surface area contributed by atoms with Gasteiger partial charge in [-0.1, -0.05) is 18.6 Å². The Morgan fingerprint density at radius 2 is 1.97 bits per heavy atom. The number of anilines is 1. The number of ether oxygens (including phenoxy) is 1. The average molecular weight is 459 g/mol. The molecule has 1 aromatic carbocycles. The van der Waals surface area contributed by atoms with Crippen LogP contribution in [0.3, 0.4) is 0 Å². The summed E-state index contributed by atoms with van der Waals surface area (Å²) in [5.41, 5.74) is 1.20. The van der Waals surface area contributed by atoms with Crippen LogP contribution in [0, 0.1) is 0 Å². The third-order valence-corrected chi connectivity index (χ3v) is 8.05. The summed E-state index contributed by atoms with van der Waals surface area (Å²) in [6.45, 7) is 5.81. The molecule has 1 atom stereocenters. The predicted octanol–water partition coefficient (Wildman–Crippen LogP) is 2.41. The second-order valence-electron chi connectivity index (χ2n) is 8.30. The van der Waals surface area contributed by atoms with E-state index >= 15 is 0 Å². The monoisotopic (exact) mass is 458 g/mol. The topological polar surface area (TPSA) is 91.8 Å². The number of morpholine rings is 1. The number of sulfonamides is 1. The number of aromatic nitrogens is 1. The number of benzene rings is 1. The highest BCUT2D eigenvalue weighted by atomic mass is 32.2. The van der Waals surface area contributed by atoms with Crippen molar-refractivity contribution in [2.75, 3.05) is 37.7 Å². The molecule has 2 aliphatic rings. The van der Waals surface area contributed by atoms with Gasteiger partial charge in [0.15, 0.2) is 0 Å². The minimum atomic E-state index is -3.62. The summed E-state index contributed by atoms with van der Waals surface area (Å²) >= 11 is 0. The number of nitrogens with one attached hydrogen (secondary N) is 1. The zero-order valence-corrected chi connectivity index (χ0v) is 19.2. The maximum Gasteiger partial charge on any atom is 0.251 e. The summed E-state index contributed by atoms with van der Waals surface area (Å²) < 4.78 is 33.1. The van der Waals surface area contributed by atoms with Crippen LogP contribution in [0.5, 0.6) is 0 Å². The van der Waals surface area contributed by atoms with Crippen molar-refractivity contribution in [3.63, 3.8) is 0 Å². The fraction of sp³-hybridized carbons (Fsp3) is 0.478. The molecule has 3 heterocycles. The van der Waals surface area contributed by atoms with Gasteiger partial charge in [0.2, 0.25) is 10.0 Å². The highest BCUT2D eigenvalue weighted by Gasteiger charge is 2.31. The van der Waals surface area contributed by atoms with Gasteiger partial charge >= 0.3 is 0 Å². The van der Waals surface area contributed by atoms with Crippen LogP contribution in [0.25, 0.3) is 0 Å². The molecule has 2 saturated heterocycles. The van der Waals surface area contributed by atoms with Crippen molar-refractivity contribution in [3.05, 3.63) is 53.7 Å². The van der Waals surface area contributed by atoms with Gasteiger partial charge in [-0.15, -0.1) is 0 Å². The molecule has 32 heavy (non-hydrogen) atoms. The van der Waals surface area contributed by atoms with E-state index in [2.05, 4.69) is 15.2 Å². The largest absolute Gasteiger partial charge is 0.378 e. The first-order valence-electron chi connectivity index (χ1n) is 11.1. The smallest absolute Gasteiger partial charge is 0.251 e. The molecular weight excluding hydrogens is 428 g/mol. The summed E-state index contributed by atoms with van der Waals surface area (Å²) in [6, 6.07) is 10.1. The maximum absolute atomic E-state index is 13.1. The van der Waals surface area contributed by atoms with E-state index in [1.165, 1.54) is 6.07 Å². The molecule has 9 heteroatoms. The third kappa shape index (κ3) is 5.11. The minimum absolute atomic E-state index is 0.0285. The van der Waals surface area contributed by atoms with Gasteiger partial charge in [0.05, 0.1) is 18.1 Å². The Balaban J connectivity index is 1.39. The van der Waals surface area contributed by atoms with Crippen LogP contribution >= 0.6 is 0 Å². The van der Waals surface area contributed by atoms with E-state index < -0.39 is 10.0 Å². The van der Waals surface area contributed by atoms with E-state index in [0.29, 0.717) is 31.9 Å². The van der Waals surface area contributed by atoms with Crippen molar-refractivity contribution in [2.45, 2.75) is 43.7 Å². The van der Waals surface area contributed by atoms with E-state index in [1.807, 2.05) is 19.1 Å². The number of carbonyl (C=O) groups is 1. The van der Waals surface area contributed by atoms with Crippen molar-refractivity contribution in [2.24, 2.45) is 0 Å². The van der Waals surface area contributed by atoms with Crippen molar-refractivity contribution >= 4 is 21.7 Å². The fourth-order valence-corrected chi connectivity index (χ4v) is 5.89. The minimum Gasteiger partial charge on any atom is -0.378 e. The maximum atomic E-state index is 13.1. The second kappa shape index (κ2) is 9.97. The highest BCUT2D eigenvalue weighted by Crippen LogP contribution is 2.25. The molecule has 172 valence electrons. The van der Waals surface area contributed by atoms with Gasteiger partial charge in [0.25, 0.3) is 5.91 Å². The lowest BCUT2D eigenvalue weighted by Gasteiger charge is -2.32.